The summed E-state index contributed by atoms with van der Waals surface area (Å²) in [6.07, 6.45) is -2.31. The molecule has 0 radical (unpaired) electrons. The second kappa shape index (κ2) is 10.0. The molecular formula is C23H18F6N6O2. The van der Waals surface area contributed by atoms with Gasteiger partial charge in [-0.3, -0.25) is 0 Å². The maximum atomic E-state index is 12.7. The van der Waals surface area contributed by atoms with Crippen molar-refractivity contribution < 1.29 is 36.2 Å². The lowest BCUT2D eigenvalue weighted by Gasteiger charge is -2.28. The number of rotatable bonds is 8. The lowest BCUT2D eigenvalue weighted by Crippen LogP contribution is -2.36. The molecule has 1 unspecified atom stereocenters. The molecule has 0 aliphatic rings. The van der Waals surface area contributed by atoms with Crippen molar-refractivity contribution in [2.75, 3.05) is 0 Å². The van der Waals surface area contributed by atoms with Gasteiger partial charge in [-0.2, -0.15) is 23.4 Å². The first kappa shape index (κ1) is 25.9. The number of benzene rings is 2. The Morgan fingerprint density at radius 1 is 0.811 bits per heavy atom. The smallest absolute Gasteiger partial charge is 0.406 e. The number of aliphatic hydroxyl groups is 1. The van der Waals surface area contributed by atoms with Gasteiger partial charge in [0.15, 0.2) is 5.82 Å². The molecular weight excluding hydrogens is 506 g/mol. The van der Waals surface area contributed by atoms with Crippen molar-refractivity contribution in [2.45, 2.75) is 31.2 Å². The van der Waals surface area contributed by atoms with Crippen LogP contribution in [0, 0.1) is 0 Å². The lowest BCUT2D eigenvalue weighted by molar-refractivity contribution is -0.274. The molecule has 0 saturated carbocycles. The van der Waals surface area contributed by atoms with Gasteiger partial charge in [-0.05, 0) is 41.5 Å². The third kappa shape index (κ3) is 6.94. The van der Waals surface area contributed by atoms with Crippen molar-refractivity contribution in [1.29, 1.82) is 0 Å². The zero-order chi connectivity index (χ0) is 26.7. The average Bonchev–Trinajstić information content (AvgIpc) is 3.48. The number of aromatic nitrogens is 6. The summed E-state index contributed by atoms with van der Waals surface area (Å²) in [5.41, 5.74) is -1.70. The highest BCUT2D eigenvalue weighted by Gasteiger charge is 2.34. The van der Waals surface area contributed by atoms with E-state index in [1.54, 1.807) is 0 Å². The van der Waals surface area contributed by atoms with Gasteiger partial charge in [-0.15, -0.1) is 13.2 Å². The summed E-state index contributed by atoms with van der Waals surface area (Å²) >= 11 is 0. The van der Waals surface area contributed by atoms with Crippen LogP contribution in [0.4, 0.5) is 26.3 Å². The highest BCUT2D eigenvalue weighted by Crippen LogP contribution is 2.30. The van der Waals surface area contributed by atoms with Crippen LogP contribution < -0.4 is 4.74 Å². The topological polar surface area (TPSA) is 90.9 Å². The Balaban J connectivity index is 1.52. The molecule has 1 N–H and O–H groups in total. The van der Waals surface area contributed by atoms with E-state index in [2.05, 4.69) is 24.9 Å². The van der Waals surface area contributed by atoms with Gasteiger partial charge in [-0.1, -0.05) is 30.3 Å². The van der Waals surface area contributed by atoms with E-state index in [4.69, 9.17) is 0 Å². The van der Waals surface area contributed by atoms with Crippen molar-refractivity contribution in [3.63, 3.8) is 0 Å². The lowest BCUT2D eigenvalue weighted by atomic mass is 9.93. The molecule has 4 rings (SSSR count). The Kier molecular flexibility index (Phi) is 7.03. The summed E-state index contributed by atoms with van der Waals surface area (Å²) in [5, 5.41) is 19.7. The molecule has 0 amide bonds. The van der Waals surface area contributed by atoms with Crippen LogP contribution in [0.1, 0.15) is 22.5 Å². The predicted molar refractivity (Wildman–Crippen MR) is 117 cm³/mol. The van der Waals surface area contributed by atoms with Gasteiger partial charge in [-0.25, -0.2) is 19.3 Å². The van der Waals surface area contributed by atoms with Crippen molar-refractivity contribution in [3.8, 4) is 5.75 Å². The quantitative estimate of drug-likeness (QED) is 0.341. The highest BCUT2D eigenvalue weighted by atomic mass is 19.4. The molecule has 1 atom stereocenters. The van der Waals surface area contributed by atoms with E-state index < -0.39 is 29.5 Å². The number of hydrogen-bond acceptors (Lipinski definition) is 6. The Labute approximate surface area is 205 Å². The highest BCUT2D eigenvalue weighted by molar-refractivity contribution is 5.66. The fourth-order valence-corrected chi connectivity index (χ4v) is 3.47. The van der Waals surface area contributed by atoms with E-state index >= 15 is 0 Å². The molecule has 4 aromatic rings. The minimum absolute atomic E-state index is 0.108. The largest absolute Gasteiger partial charge is 0.573 e. The number of hydrogen-bond donors (Lipinski definition) is 1. The second-order valence-corrected chi connectivity index (χ2v) is 7.95. The van der Waals surface area contributed by atoms with Gasteiger partial charge in [0.2, 0.25) is 0 Å². The molecule has 2 aromatic carbocycles. The van der Waals surface area contributed by atoms with Gasteiger partial charge in [0.25, 0.3) is 0 Å². The first-order valence-electron chi connectivity index (χ1n) is 10.6. The Bertz CT molecular complexity index is 1330. The minimum Gasteiger partial charge on any atom is -0.406 e. The van der Waals surface area contributed by atoms with E-state index in [0.717, 1.165) is 24.3 Å². The summed E-state index contributed by atoms with van der Waals surface area (Å²) in [6, 6.07) is 9.27. The Hall–Kier alpha value is -4.20. The summed E-state index contributed by atoms with van der Waals surface area (Å²) in [5.74, 6) is -0.229. The van der Waals surface area contributed by atoms with Gasteiger partial charge in [0.1, 0.15) is 30.3 Å². The first-order chi connectivity index (χ1) is 17.4. The van der Waals surface area contributed by atoms with E-state index in [-0.39, 0.29) is 24.5 Å². The normalized spacial score (nSPS) is 14.1. The van der Waals surface area contributed by atoms with Crippen molar-refractivity contribution in [1.82, 2.24) is 29.5 Å². The average molecular weight is 524 g/mol. The third-order valence-electron chi connectivity index (χ3n) is 5.16. The van der Waals surface area contributed by atoms with Gasteiger partial charge in [0.05, 0.1) is 18.7 Å². The number of halogens is 6. The third-order valence-corrected chi connectivity index (χ3v) is 5.16. The van der Waals surface area contributed by atoms with Gasteiger partial charge in [0, 0.05) is 0 Å². The zero-order valence-corrected chi connectivity index (χ0v) is 18.7. The van der Waals surface area contributed by atoms with E-state index in [9.17, 15) is 31.4 Å². The van der Waals surface area contributed by atoms with Crippen LogP contribution >= 0.6 is 0 Å². The molecule has 0 fully saturated rings. The van der Waals surface area contributed by atoms with E-state index in [1.165, 1.54) is 64.8 Å². The molecule has 0 saturated heterocycles. The minimum atomic E-state index is -4.86. The number of ether oxygens (including phenoxy) is 1. The molecule has 2 aromatic heterocycles. The van der Waals surface area contributed by atoms with E-state index in [1.807, 2.05) is 0 Å². The Morgan fingerprint density at radius 2 is 1.46 bits per heavy atom. The van der Waals surface area contributed by atoms with Gasteiger partial charge >= 0.3 is 12.5 Å². The molecule has 194 valence electrons. The maximum Gasteiger partial charge on any atom is 0.573 e. The van der Waals surface area contributed by atoms with Crippen LogP contribution in [0.5, 0.6) is 5.75 Å². The molecule has 0 spiro atoms. The summed E-state index contributed by atoms with van der Waals surface area (Å²) < 4.78 is 82.2. The Morgan fingerprint density at radius 3 is 2.05 bits per heavy atom. The number of nitrogens with zero attached hydrogens (tertiary/aromatic N) is 6. The van der Waals surface area contributed by atoms with Crippen LogP contribution in [-0.2, 0) is 24.9 Å². The zero-order valence-electron chi connectivity index (χ0n) is 18.7. The fourth-order valence-electron chi connectivity index (χ4n) is 3.47. The molecule has 2 heterocycles. The van der Waals surface area contributed by atoms with E-state index in [0.29, 0.717) is 5.56 Å². The molecule has 0 bridgehead atoms. The fraction of sp³-hybridized carbons (Fsp3) is 0.217. The molecule has 14 heteroatoms. The van der Waals surface area contributed by atoms with Crippen LogP contribution in [0.2, 0.25) is 0 Å². The summed E-state index contributed by atoms with van der Waals surface area (Å²) in [7, 11) is 0. The van der Waals surface area contributed by atoms with Gasteiger partial charge < -0.3 is 9.84 Å². The SMILES string of the molecule is OC(Cn1cncn1)(Cn1cnc(/C=C/c2ccc(C(F)(F)F)cc2)n1)c1ccc(OC(F)(F)F)cc1. The summed E-state index contributed by atoms with van der Waals surface area (Å²) in [4.78, 5) is 7.94. The van der Waals surface area contributed by atoms with Crippen LogP contribution in [0.15, 0.2) is 67.5 Å². The molecule has 37 heavy (non-hydrogen) atoms. The standard InChI is InChI=1S/C23H18F6N6O2/c24-22(25,26)18-4-1-16(2-5-18)3-10-20-31-15-35(33-20)12-21(36,11-34-14-30-13-32-34)17-6-8-19(9-7-17)37-23(27,28)29/h1-10,13-15,36H,11-12H2/b10-3+. The second-order valence-electron chi connectivity index (χ2n) is 7.95. The molecule has 0 aliphatic heterocycles. The monoisotopic (exact) mass is 524 g/mol. The summed E-state index contributed by atoms with van der Waals surface area (Å²) in [6.45, 7) is -0.267. The van der Waals surface area contributed by atoms with Crippen LogP contribution in [0.3, 0.4) is 0 Å². The van der Waals surface area contributed by atoms with Crippen LogP contribution in [-0.4, -0.2) is 41.0 Å². The van der Waals surface area contributed by atoms with Crippen molar-refractivity contribution in [2.24, 2.45) is 0 Å². The maximum absolute atomic E-state index is 12.7. The van der Waals surface area contributed by atoms with Crippen molar-refractivity contribution >= 4 is 12.2 Å². The first-order valence-corrected chi connectivity index (χ1v) is 10.6. The number of alkyl halides is 6. The molecule has 8 nitrogen and oxygen atoms in total. The molecule has 0 aliphatic carbocycles. The van der Waals surface area contributed by atoms with Crippen LogP contribution in [0.25, 0.3) is 12.2 Å². The predicted octanol–water partition coefficient (Wildman–Crippen LogP) is 4.55. The van der Waals surface area contributed by atoms with Crippen molar-refractivity contribution in [3.05, 3.63) is 90.0 Å².